The van der Waals surface area contributed by atoms with Gasteiger partial charge in [-0.05, 0) is 35.2 Å². The van der Waals surface area contributed by atoms with Crippen LogP contribution in [0.1, 0.15) is 10.4 Å². The number of rotatable bonds is 1. The van der Waals surface area contributed by atoms with Crippen LogP contribution < -0.4 is 0 Å². The van der Waals surface area contributed by atoms with E-state index in [1.54, 1.807) is 30.3 Å². The van der Waals surface area contributed by atoms with Crippen molar-refractivity contribution < 1.29 is 9.90 Å². The fraction of sp³-hybridized carbons (Fsp3) is 0. The second-order valence-electron chi connectivity index (χ2n) is 2.99. The van der Waals surface area contributed by atoms with Crippen molar-refractivity contribution >= 4 is 27.6 Å². The molecule has 0 saturated heterocycles. The molecule has 0 aliphatic heterocycles. The summed E-state index contributed by atoms with van der Waals surface area (Å²) in [6, 6.07) is 10.2. The number of aromatic hydroxyl groups is 1. The van der Waals surface area contributed by atoms with E-state index in [1.807, 2.05) is 6.07 Å². The van der Waals surface area contributed by atoms with E-state index >= 15 is 0 Å². The fourth-order valence-corrected chi connectivity index (χ4v) is 1.50. The zero-order valence-electron chi connectivity index (χ0n) is 7.20. The predicted octanol–water partition coefficient (Wildman–Crippen LogP) is 2.92. The van der Waals surface area contributed by atoms with Crippen LogP contribution >= 0.6 is 11.6 Å². The molecule has 2 aromatic carbocycles. The van der Waals surface area contributed by atoms with Crippen LogP contribution in [0.5, 0.6) is 5.75 Å². The SMILES string of the molecule is O=C(Cl)c1ccc2cccc(O)c2c1. The molecule has 0 amide bonds. The number of fused-ring (bicyclic) bond motifs is 1. The first kappa shape index (κ1) is 9.03. The quantitative estimate of drug-likeness (QED) is 0.729. The van der Waals surface area contributed by atoms with Crippen molar-refractivity contribution in [3.63, 3.8) is 0 Å². The minimum Gasteiger partial charge on any atom is -0.507 e. The van der Waals surface area contributed by atoms with Crippen molar-refractivity contribution in [2.75, 3.05) is 0 Å². The van der Waals surface area contributed by atoms with Crippen molar-refractivity contribution in [3.05, 3.63) is 42.0 Å². The largest absolute Gasteiger partial charge is 0.507 e. The highest BCUT2D eigenvalue weighted by molar-refractivity contribution is 6.67. The summed E-state index contributed by atoms with van der Waals surface area (Å²) in [7, 11) is 0. The molecule has 0 heterocycles. The van der Waals surface area contributed by atoms with Gasteiger partial charge in [-0.15, -0.1) is 0 Å². The van der Waals surface area contributed by atoms with Gasteiger partial charge >= 0.3 is 0 Å². The highest BCUT2D eigenvalue weighted by Crippen LogP contribution is 2.25. The highest BCUT2D eigenvalue weighted by Gasteiger charge is 2.04. The summed E-state index contributed by atoms with van der Waals surface area (Å²) in [5.74, 6) is 0.155. The highest BCUT2D eigenvalue weighted by atomic mass is 35.5. The molecule has 2 rings (SSSR count). The number of hydrogen-bond acceptors (Lipinski definition) is 2. The van der Waals surface area contributed by atoms with Gasteiger partial charge < -0.3 is 5.11 Å². The van der Waals surface area contributed by atoms with E-state index in [2.05, 4.69) is 0 Å². The normalized spacial score (nSPS) is 10.4. The molecule has 0 aromatic heterocycles. The van der Waals surface area contributed by atoms with E-state index in [0.717, 1.165) is 5.39 Å². The summed E-state index contributed by atoms with van der Waals surface area (Å²) in [5, 5.41) is 10.5. The fourth-order valence-electron chi connectivity index (χ4n) is 1.38. The zero-order valence-corrected chi connectivity index (χ0v) is 7.95. The van der Waals surface area contributed by atoms with Crippen molar-refractivity contribution in [1.29, 1.82) is 0 Å². The maximum atomic E-state index is 10.9. The van der Waals surface area contributed by atoms with Crippen LogP contribution in [0.25, 0.3) is 10.8 Å². The summed E-state index contributed by atoms with van der Waals surface area (Å²) in [4.78, 5) is 10.9. The minimum absolute atomic E-state index is 0.155. The molecule has 0 atom stereocenters. The van der Waals surface area contributed by atoms with E-state index in [-0.39, 0.29) is 5.75 Å². The molecule has 2 aromatic rings. The van der Waals surface area contributed by atoms with Gasteiger partial charge in [0.15, 0.2) is 0 Å². The van der Waals surface area contributed by atoms with Gasteiger partial charge in [0.1, 0.15) is 5.75 Å². The number of carbonyl (C=O) groups excluding carboxylic acids is 1. The third-order valence-corrected chi connectivity index (χ3v) is 2.30. The summed E-state index contributed by atoms with van der Waals surface area (Å²) in [6.45, 7) is 0. The first-order valence-electron chi connectivity index (χ1n) is 4.10. The van der Waals surface area contributed by atoms with E-state index in [1.165, 1.54) is 0 Å². The third-order valence-electron chi connectivity index (χ3n) is 2.09. The summed E-state index contributed by atoms with van der Waals surface area (Å²) >= 11 is 5.34. The van der Waals surface area contributed by atoms with Gasteiger partial charge in [0.25, 0.3) is 5.24 Å². The van der Waals surface area contributed by atoms with Gasteiger partial charge in [0.2, 0.25) is 0 Å². The second kappa shape index (κ2) is 3.31. The van der Waals surface area contributed by atoms with Crippen LogP contribution in [0.4, 0.5) is 0 Å². The smallest absolute Gasteiger partial charge is 0.252 e. The van der Waals surface area contributed by atoms with Crippen molar-refractivity contribution in [2.24, 2.45) is 0 Å². The number of benzene rings is 2. The Morgan fingerprint density at radius 2 is 2.00 bits per heavy atom. The second-order valence-corrected chi connectivity index (χ2v) is 3.33. The van der Waals surface area contributed by atoms with Gasteiger partial charge in [0.05, 0.1) is 0 Å². The zero-order chi connectivity index (χ0) is 10.1. The molecule has 0 aliphatic carbocycles. The number of hydrogen-bond donors (Lipinski definition) is 1. The minimum atomic E-state index is -0.518. The van der Waals surface area contributed by atoms with Gasteiger partial charge in [-0.2, -0.15) is 0 Å². The average Bonchev–Trinajstić information content (AvgIpc) is 2.18. The van der Waals surface area contributed by atoms with Crippen LogP contribution in [-0.4, -0.2) is 10.3 Å². The van der Waals surface area contributed by atoms with Gasteiger partial charge in [0, 0.05) is 10.9 Å². The lowest BCUT2D eigenvalue weighted by molar-refractivity contribution is 0.108. The Bertz CT molecular complexity index is 506. The molecule has 2 nitrogen and oxygen atoms in total. The van der Waals surface area contributed by atoms with E-state index < -0.39 is 5.24 Å². The Labute approximate surface area is 85.7 Å². The Morgan fingerprint density at radius 3 is 2.71 bits per heavy atom. The molecule has 0 saturated carbocycles. The van der Waals surface area contributed by atoms with Gasteiger partial charge in [-0.25, -0.2) is 0 Å². The molecule has 3 heteroatoms. The number of carbonyl (C=O) groups is 1. The van der Waals surface area contributed by atoms with Crippen LogP contribution in [0.2, 0.25) is 0 Å². The molecule has 0 fully saturated rings. The van der Waals surface area contributed by atoms with Crippen LogP contribution in [-0.2, 0) is 0 Å². The predicted molar refractivity (Wildman–Crippen MR) is 55.8 cm³/mol. The molecule has 14 heavy (non-hydrogen) atoms. The van der Waals surface area contributed by atoms with E-state index in [4.69, 9.17) is 11.6 Å². The standard InChI is InChI=1S/C11H7ClO2/c12-11(14)8-5-4-7-2-1-3-10(13)9(7)6-8/h1-6,13H. The van der Waals surface area contributed by atoms with Gasteiger partial charge in [-0.3, -0.25) is 4.79 Å². The van der Waals surface area contributed by atoms with Crippen LogP contribution in [0.3, 0.4) is 0 Å². The molecular formula is C11H7ClO2. The molecule has 70 valence electrons. The first-order chi connectivity index (χ1) is 6.68. The lowest BCUT2D eigenvalue weighted by Gasteiger charge is -2.01. The maximum absolute atomic E-state index is 10.9. The summed E-state index contributed by atoms with van der Waals surface area (Å²) in [5.41, 5.74) is 0.390. The summed E-state index contributed by atoms with van der Waals surface area (Å²) < 4.78 is 0. The number of phenols is 1. The summed E-state index contributed by atoms with van der Waals surface area (Å²) in [6.07, 6.45) is 0. The molecule has 0 radical (unpaired) electrons. The third kappa shape index (κ3) is 1.44. The van der Waals surface area contributed by atoms with E-state index in [0.29, 0.717) is 10.9 Å². The average molecular weight is 207 g/mol. The number of halogens is 1. The van der Waals surface area contributed by atoms with Crippen molar-refractivity contribution in [2.45, 2.75) is 0 Å². The molecule has 0 spiro atoms. The van der Waals surface area contributed by atoms with Crippen molar-refractivity contribution in [3.8, 4) is 5.75 Å². The molecule has 0 aliphatic rings. The lowest BCUT2D eigenvalue weighted by Crippen LogP contribution is -1.87. The first-order valence-corrected chi connectivity index (χ1v) is 4.48. The van der Waals surface area contributed by atoms with Crippen LogP contribution in [0.15, 0.2) is 36.4 Å². The Kier molecular flexibility index (Phi) is 2.14. The molecule has 0 unspecified atom stereocenters. The molecule has 0 bridgehead atoms. The molecule has 1 N–H and O–H groups in total. The van der Waals surface area contributed by atoms with Crippen LogP contribution in [0, 0.1) is 0 Å². The topological polar surface area (TPSA) is 37.3 Å². The Morgan fingerprint density at radius 1 is 1.21 bits per heavy atom. The van der Waals surface area contributed by atoms with Gasteiger partial charge in [-0.1, -0.05) is 18.2 Å². The number of phenolic OH excluding ortho intramolecular Hbond substituents is 1. The Balaban J connectivity index is 2.76. The lowest BCUT2D eigenvalue weighted by atomic mass is 10.1. The van der Waals surface area contributed by atoms with Crippen molar-refractivity contribution in [1.82, 2.24) is 0 Å². The maximum Gasteiger partial charge on any atom is 0.252 e. The molecular weight excluding hydrogens is 200 g/mol. The Hall–Kier alpha value is -1.54. The monoisotopic (exact) mass is 206 g/mol. The van der Waals surface area contributed by atoms with E-state index in [9.17, 15) is 9.90 Å².